The molecule has 0 bridgehead atoms. The van der Waals surface area contributed by atoms with Crippen LogP contribution in [-0.4, -0.2) is 34.3 Å². The minimum absolute atomic E-state index is 0.413. The van der Waals surface area contributed by atoms with Gasteiger partial charge in [0.2, 0.25) is 0 Å². The first-order valence-electron chi connectivity index (χ1n) is 6.07. The van der Waals surface area contributed by atoms with Crippen molar-refractivity contribution in [2.24, 2.45) is 18.7 Å². The first-order valence-corrected chi connectivity index (χ1v) is 6.07. The molecule has 0 spiro atoms. The van der Waals surface area contributed by atoms with Gasteiger partial charge in [0.15, 0.2) is 0 Å². The number of hydrogen-bond acceptors (Lipinski definition) is 3. The van der Waals surface area contributed by atoms with Crippen molar-refractivity contribution < 1.29 is 0 Å². The zero-order valence-corrected chi connectivity index (χ0v) is 10.3. The molecule has 2 N–H and O–H groups in total. The smallest absolute Gasteiger partial charge is 0.0534 e. The molecule has 1 fully saturated rings. The molecule has 1 unspecified atom stereocenters. The zero-order valence-electron chi connectivity index (χ0n) is 10.3. The van der Waals surface area contributed by atoms with E-state index >= 15 is 0 Å². The van der Waals surface area contributed by atoms with Crippen LogP contribution in [0.4, 0.5) is 0 Å². The molecule has 90 valence electrons. The summed E-state index contributed by atoms with van der Waals surface area (Å²) in [5.41, 5.74) is 7.35. The number of rotatable bonds is 6. The summed E-state index contributed by atoms with van der Waals surface area (Å²) >= 11 is 0. The van der Waals surface area contributed by atoms with Gasteiger partial charge in [0.05, 0.1) is 6.20 Å². The van der Waals surface area contributed by atoms with Gasteiger partial charge in [-0.05, 0) is 38.8 Å². The lowest BCUT2D eigenvalue weighted by atomic mass is 10.1. The normalized spacial score (nSPS) is 18.0. The Bertz CT molecular complexity index is 330. The molecule has 1 atom stereocenters. The van der Waals surface area contributed by atoms with E-state index in [0.717, 1.165) is 25.4 Å². The Morgan fingerprint density at radius 2 is 2.38 bits per heavy atom. The van der Waals surface area contributed by atoms with Crippen LogP contribution in [-0.2, 0) is 13.6 Å². The summed E-state index contributed by atoms with van der Waals surface area (Å²) in [4.78, 5) is 2.32. The minimum Gasteiger partial charge on any atom is -0.327 e. The Balaban J connectivity index is 1.69. The molecule has 1 saturated carbocycles. The molecular weight excluding hydrogens is 200 g/mol. The Morgan fingerprint density at radius 3 is 2.94 bits per heavy atom. The van der Waals surface area contributed by atoms with Gasteiger partial charge < -0.3 is 10.6 Å². The summed E-state index contributed by atoms with van der Waals surface area (Å²) in [5.74, 6) is 0.812. The molecular formula is C12H22N4. The fourth-order valence-electron chi connectivity index (χ4n) is 2.07. The van der Waals surface area contributed by atoms with Crippen LogP contribution in [0, 0.1) is 5.92 Å². The summed E-state index contributed by atoms with van der Waals surface area (Å²) in [7, 11) is 4.10. The van der Waals surface area contributed by atoms with Gasteiger partial charge in [0.1, 0.15) is 0 Å². The van der Waals surface area contributed by atoms with Crippen LogP contribution in [0.25, 0.3) is 0 Å². The molecule has 2 rings (SSSR count). The van der Waals surface area contributed by atoms with Crippen LogP contribution < -0.4 is 5.73 Å². The summed E-state index contributed by atoms with van der Waals surface area (Å²) in [5, 5.41) is 4.17. The molecule has 1 heterocycles. The standard InChI is InChI=1S/C12H22N4/c1-15(6-5-12(13)11-3-4-11)8-10-7-14-16(2)9-10/h7,9,11-12H,3-6,8,13H2,1-2H3. The Labute approximate surface area is 97.4 Å². The summed E-state index contributed by atoms with van der Waals surface area (Å²) in [6, 6.07) is 0.413. The summed E-state index contributed by atoms with van der Waals surface area (Å²) in [6.07, 6.45) is 7.79. The third kappa shape index (κ3) is 3.32. The van der Waals surface area contributed by atoms with E-state index in [1.807, 2.05) is 17.9 Å². The first kappa shape index (κ1) is 11.6. The van der Waals surface area contributed by atoms with Crippen molar-refractivity contribution in [1.82, 2.24) is 14.7 Å². The van der Waals surface area contributed by atoms with Gasteiger partial charge in [-0.2, -0.15) is 5.10 Å². The van der Waals surface area contributed by atoms with E-state index in [4.69, 9.17) is 5.73 Å². The fourth-order valence-corrected chi connectivity index (χ4v) is 2.07. The number of nitrogens with zero attached hydrogens (tertiary/aromatic N) is 3. The average Bonchev–Trinajstić information content (AvgIpc) is 3.01. The lowest BCUT2D eigenvalue weighted by Gasteiger charge is -2.18. The van der Waals surface area contributed by atoms with E-state index in [1.54, 1.807) is 0 Å². The van der Waals surface area contributed by atoms with E-state index in [0.29, 0.717) is 6.04 Å². The second kappa shape index (κ2) is 4.97. The Kier molecular flexibility index (Phi) is 3.61. The van der Waals surface area contributed by atoms with Gasteiger partial charge in [-0.25, -0.2) is 0 Å². The lowest BCUT2D eigenvalue weighted by molar-refractivity contribution is 0.305. The van der Waals surface area contributed by atoms with Crippen LogP contribution in [0.2, 0.25) is 0 Å². The molecule has 4 nitrogen and oxygen atoms in total. The second-order valence-corrected chi connectivity index (χ2v) is 5.05. The highest BCUT2D eigenvalue weighted by atomic mass is 15.2. The van der Waals surface area contributed by atoms with Crippen molar-refractivity contribution >= 4 is 0 Å². The third-order valence-corrected chi connectivity index (χ3v) is 3.28. The number of aryl methyl sites for hydroxylation is 1. The predicted molar refractivity (Wildman–Crippen MR) is 64.9 cm³/mol. The van der Waals surface area contributed by atoms with Crippen molar-refractivity contribution in [3.05, 3.63) is 18.0 Å². The topological polar surface area (TPSA) is 47.1 Å². The monoisotopic (exact) mass is 222 g/mol. The maximum Gasteiger partial charge on any atom is 0.0534 e. The average molecular weight is 222 g/mol. The van der Waals surface area contributed by atoms with Crippen molar-refractivity contribution in [3.63, 3.8) is 0 Å². The van der Waals surface area contributed by atoms with Gasteiger partial charge in [-0.3, -0.25) is 4.68 Å². The maximum atomic E-state index is 6.08. The van der Waals surface area contributed by atoms with Crippen molar-refractivity contribution in [3.8, 4) is 0 Å². The van der Waals surface area contributed by atoms with Crippen LogP contribution in [0.5, 0.6) is 0 Å². The molecule has 1 aliphatic rings. The van der Waals surface area contributed by atoms with E-state index < -0.39 is 0 Å². The number of aromatic nitrogens is 2. The molecule has 0 saturated heterocycles. The van der Waals surface area contributed by atoms with E-state index in [-0.39, 0.29) is 0 Å². The molecule has 4 heteroatoms. The maximum absolute atomic E-state index is 6.08. The van der Waals surface area contributed by atoms with Gasteiger partial charge in [0, 0.05) is 31.4 Å². The van der Waals surface area contributed by atoms with Crippen LogP contribution in [0.1, 0.15) is 24.8 Å². The Morgan fingerprint density at radius 1 is 1.62 bits per heavy atom. The van der Waals surface area contributed by atoms with Gasteiger partial charge in [-0.1, -0.05) is 0 Å². The first-order chi connectivity index (χ1) is 7.65. The second-order valence-electron chi connectivity index (χ2n) is 5.05. The molecule has 0 amide bonds. The van der Waals surface area contributed by atoms with Crippen LogP contribution >= 0.6 is 0 Å². The molecule has 0 aliphatic heterocycles. The third-order valence-electron chi connectivity index (χ3n) is 3.28. The van der Waals surface area contributed by atoms with Crippen molar-refractivity contribution in [2.75, 3.05) is 13.6 Å². The van der Waals surface area contributed by atoms with E-state index in [9.17, 15) is 0 Å². The lowest BCUT2D eigenvalue weighted by Crippen LogP contribution is -2.29. The number of nitrogens with two attached hydrogens (primary N) is 1. The van der Waals surface area contributed by atoms with E-state index in [2.05, 4.69) is 23.2 Å². The molecule has 1 aliphatic carbocycles. The molecule has 0 radical (unpaired) electrons. The molecule has 1 aromatic heterocycles. The minimum atomic E-state index is 0.413. The van der Waals surface area contributed by atoms with Crippen LogP contribution in [0.3, 0.4) is 0 Å². The van der Waals surface area contributed by atoms with E-state index in [1.165, 1.54) is 18.4 Å². The number of hydrogen-bond donors (Lipinski definition) is 1. The predicted octanol–water partition coefficient (Wildman–Crippen LogP) is 0.979. The molecule has 1 aromatic rings. The zero-order chi connectivity index (χ0) is 11.5. The van der Waals surface area contributed by atoms with Crippen molar-refractivity contribution in [2.45, 2.75) is 31.8 Å². The van der Waals surface area contributed by atoms with Gasteiger partial charge >= 0.3 is 0 Å². The fraction of sp³-hybridized carbons (Fsp3) is 0.750. The highest BCUT2D eigenvalue weighted by Crippen LogP contribution is 2.32. The summed E-state index contributed by atoms with van der Waals surface area (Å²) in [6.45, 7) is 2.04. The van der Waals surface area contributed by atoms with Gasteiger partial charge in [-0.15, -0.1) is 0 Å². The SMILES string of the molecule is CN(CCC(N)C1CC1)Cc1cnn(C)c1. The van der Waals surface area contributed by atoms with Gasteiger partial charge in [0.25, 0.3) is 0 Å². The highest BCUT2D eigenvalue weighted by molar-refractivity contribution is 5.02. The quantitative estimate of drug-likeness (QED) is 0.780. The largest absolute Gasteiger partial charge is 0.327 e. The van der Waals surface area contributed by atoms with Crippen molar-refractivity contribution in [1.29, 1.82) is 0 Å². The van der Waals surface area contributed by atoms with Crippen LogP contribution in [0.15, 0.2) is 12.4 Å². The molecule has 0 aromatic carbocycles. The molecule has 16 heavy (non-hydrogen) atoms. The summed E-state index contributed by atoms with van der Waals surface area (Å²) < 4.78 is 1.85. The highest BCUT2D eigenvalue weighted by Gasteiger charge is 2.28. The Hall–Kier alpha value is -0.870.